The lowest BCUT2D eigenvalue weighted by Gasteiger charge is -2.19. The van der Waals surface area contributed by atoms with Crippen molar-refractivity contribution in [3.63, 3.8) is 0 Å². The molecule has 2 N–H and O–H groups in total. The van der Waals surface area contributed by atoms with E-state index in [4.69, 9.17) is 5.11 Å². The summed E-state index contributed by atoms with van der Waals surface area (Å²) in [5, 5.41) is 25.3. The Kier molecular flexibility index (Phi) is 5.71. The van der Waals surface area contributed by atoms with Gasteiger partial charge < -0.3 is 5.11 Å². The largest absolute Gasteiger partial charge is 0.478 e. The zero-order chi connectivity index (χ0) is 24.5. The number of hydrogen-bond acceptors (Lipinski definition) is 3. The minimum absolute atomic E-state index is 0.0879. The number of allylic oxidation sites excluding steroid dienone is 1. The molecule has 3 aromatic carbocycles. The summed E-state index contributed by atoms with van der Waals surface area (Å²) in [6.07, 6.45) is 4.26. The molecule has 0 radical (unpaired) electrons. The number of nitrogens with one attached hydrogen (secondary N) is 1. The summed E-state index contributed by atoms with van der Waals surface area (Å²) in [5.74, 6) is -2.11. The molecule has 1 aliphatic carbocycles. The summed E-state index contributed by atoms with van der Waals surface area (Å²) in [5.41, 5.74) is 4.23. The first-order valence-electron chi connectivity index (χ1n) is 11.1. The minimum atomic E-state index is -1.06. The molecule has 1 aromatic heterocycles. The standard InChI is InChI=1S/C28H19F2N3O2/c29-22-4-2-1-3-20(22)26(18-10-11-18)25(17-8-5-16(6-9-17)7-14-24(34)35)19-12-13-23-27(21(19)15-31)28(30)33-32-23/h1-9,12-14,18H,10-11H2,(H,32,33)(H,34,35)/b14-7+,26-25+. The Morgan fingerprint density at radius 3 is 2.46 bits per heavy atom. The van der Waals surface area contributed by atoms with Crippen molar-refractivity contribution in [2.75, 3.05) is 0 Å². The molecule has 0 atom stereocenters. The molecular weight excluding hydrogens is 448 g/mol. The van der Waals surface area contributed by atoms with Gasteiger partial charge in [0.15, 0.2) is 0 Å². The zero-order valence-corrected chi connectivity index (χ0v) is 18.4. The summed E-state index contributed by atoms with van der Waals surface area (Å²) < 4.78 is 29.6. The van der Waals surface area contributed by atoms with Gasteiger partial charge in [-0.15, -0.1) is 5.10 Å². The first-order valence-corrected chi connectivity index (χ1v) is 11.1. The van der Waals surface area contributed by atoms with E-state index in [1.807, 2.05) is 0 Å². The van der Waals surface area contributed by atoms with Crippen molar-refractivity contribution in [3.05, 3.63) is 106 Å². The molecule has 1 heterocycles. The van der Waals surface area contributed by atoms with E-state index < -0.39 is 11.9 Å². The third kappa shape index (κ3) is 4.22. The average molecular weight is 467 g/mol. The Labute approximate surface area is 199 Å². The van der Waals surface area contributed by atoms with Gasteiger partial charge in [-0.25, -0.2) is 9.18 Å². The number of carbonyl (C=O) groups is 1. The Hall–Kier alpha value is -4.57. The predicted octanol–water partition coefficient (Wildman–Crippen LogP) is 6.18. The van der Waals surface area contributed by atoms with Gasteiger partial charge in [0.05, 0.1) is 16.5 Å². The molecule has 0 bridgehead atoms. The van der Waals surface area contributed by atoms with Crippen LogP contribution in [0.2, 0.25) is 0 Å². The number of fused-ring (bicyclic) bond motifs is 1. The molecule has 4 aromatic rings. The summed E-state index contributed by atoms with van der Waals surface area (Å²) in [7, 11) is 0. The van der Waals surface area contributed by atoms with E-state index >= 15 is 4.39 Å². The molecule has 5 rings (SSSR count). The first kappa shape index (κ1) is 22.2. The number of aromatic amines is 1. The Morgan fingerprint density at radius 1 is 1.06 bits per heavy atom. The monoisotopic (exact) mass is 467 g/mol. The van der Waals surface area contributed by atoms with E-state index in [0.717, 1.165) is 24.5 Å². The third-order valence-corrected chi connectivity index (χ3v) is 6.10. The Balaban J connectivity index is 1.82. The number of carboxylic acid groups (broad SMARTS) is 1. The molecule has 172 valence electrons. The van der Waals surface area contributed by atoms with Gasteiger partial charge in [0, 0.05) is 17.2 Å². The third-order valence-electron chi connectivity index (χ3n) is 6.10. The van der Waals surface area contributed by atoms with Crippen LogP contribution in [0.4, 0.5) is 8.78 Å². The molecule has 5 nitrogen and oxygen atoms in total. The second-order valence-corrected chi connectivity index (χ2v) is 8.37. The van der Waals surface area contributed by atoms with Gasteiger partial charge in [-0.2, -0.15) is 9.65 Å². The molecule has 1 aliphatic rings. The number of nitriles is 1. The maximum Gasteiger partial charge on any atom is 0.328 e. The van der Waals surface area contributed by atoms with Gasteiger partial charge in [0.1, 0.15) is 11.9 Å². The number of benzene rings is 3. The van der Waals surface area contributed by atoms with Gasteiger partial charge in [-0.05, 0) is 59.2 Å². The first-order chi connectivity index (χ1) is 17.0. The van der Waals surface area contributed by atoms with Crippen molar-refractivity contribution in [2.24, 2.45) is 5.92 Å². The van der Waals surface area contributed by atoms with Crippen LogP contribution in [0, 0.1) is 29.0 Å². The Morgan fingerprint density at radius 2 is 1.80 bits per heavy atom. The average Bonchev–Trinajstić information content (AvgIpc) is 3.63. The lowest BCUT2D eigenvalue weighted by atomic mass is 9.84. The van der Waals surface area contributed by atoms with E-state index in [2.05, 4.69) is 16.3 Å². The highest BCUT2D eigenvalue weighted by Gasteiger charge is 2.33. The number of nitrogens with zero attached hydrogens (tertiary/aromatic N) is 2. The van der Waals surface area contributed by atoms with E-state index in [-0.39, 0.29) is 22.7 Å². The van der Waals surface area contributed by atoms with Crippen molar-refractivity contribution in [3.8, 4) is 6.07 Å². The highest BCUT2D eigenvalue weighted by atomic mass is 19.1. The lowest BCUT2D eigenvalue weighted by Crippen LogP contribution is -2.02. The number of hydrogen-bond donors (Lipinski definition) is 2. The maximum atomic E-state index is 15.1. The van der Waals surface area contributed by atoms with Crippen molar-refractivity contribution in [1.82, 2.24) is 10.2 Å². The highest BCUT2D eigenvalue weighted by molar-refractivity contribution is 6.04. The van der Waals surface area contributed by atoms with Crippen molar-refractivity contribution >= 4 is 34.1 Å². The van der Waals surface area contributed by atoms with Crippen LogP contribution in [0.3, 0.4) is 0 Å². The SMILES string of the molecule is N#Cc1c(/C(=C(/c2ccccc2F)C2CC2)c2ccc(/C=C/C(=O)O)cc2)ccc2[nH]nc(F)c12. The quantitative estimate of drug-likeness (QED) is 0.262. The minimum Gasteiger partial charge on any atom is -0.478 e. The van der Waals surface area contributed by atoms with Crippen LogP contribution < -0.4 is 0 Å². The summed E-state index contributed by atoms with van der Waals surface area (Å²) >= 11 is 0. The fraction of sp³-hybridized carbons (Fsp3) is 0.107. The molecule has 0 spiro atoms. The molecule has 0 aliphatic heterocycles. The number of aromatic nitrogens is 2. The van der Waals surface area contributed by atoms with Gasteiger partial charge in [0.2, 0.25) is 5.95 Å². The van der Waals surface area contributed by atoms with Crippen LogP contribution in [-0.4, -0.2) is 21.3 Å². The van der Waals surface area contributed by atoms with Crippen LogP contribution in [0.1, 0.15) is 40.7 Å². The zero-order valence-electron chi connectivity index (χ0n) is 18.4. The van der Waals surface area contributed by atoms with Gasteiger partial charge >= 0.3 is 5.97 Å². The predicted molar refractivity (Wildman–Crippen MR) is 129 cm³/mol. The summed E-state index contributed by atoms with van der Waals surface area (Å²) in [6.45, 7) is 0. The van der Waals surface area contributed by atoms with Crippen LogP contribution in [-0.2, 0) is 4.79 Å². The highest BCUT2D eigenvalue weighted by Crippen LogP contribution is 2.49. The topological polar surface area (TPSA) is 89.8 Å². The molecule has 35 heavy (non-hydrogen) atoms. The second-order valence-electron chi connectivity index (χ2n) is 8.37. The van der Waals surface area contributed by atoms with E-state index in [1.165, 1.54) is 12.1 Å². The van der Waals surface area contributed by atoms with Gasteiger partial charge in [0.25, 0.3) is 0 Å². The molecule has 1 fully saturated rings. The number of H-pyrrole nitrogens is 1. The summed E-state index contributed by atoms with van der Waals surface area (Å²) in [4.78, 5) is 10.9. The number of aliphatic carboxylic acids is 1. The van der Waals surface area contributed by atoms with Crippen molar-refractivity contribution in [1.29, 1.82) is 5.26 Å². The smallest absolute Gasteiger partial charge is 0.328 e. The Bertz CT molecular complexity index is 1560. The van der Waals surface area contributed by atoms with Gasteiger partial charge in [-0.3, -0.25) is 5.10 Å². The van der Waals surface area contributed by atoms with Crippen LogP contribution >= 0.6 is 0 Å². The fourth-order valence-corrected chi connectivity index (χ4v) is 4.39. The number of rotatable bonds is 6. The molecule has 7 heteroatoms. The summed E-state index contributed by atoms with van der Waals surface area (Å²) in [6, 6.07) is 19.2. The molecule has 1 saturated carbocycles. The number of halogens is 2. The van der Waals surface area contributed by atoms with Crippen LogP contribution in [0.15, 0.2) is 66.7 Å². The number of carboxylic acids is 1. The molecular formula is C28H19F2N3O2. The second kappa shape index (κ2) is 8.99. The molecule has 0 amide bonds. The van der Waals surface area contributed by atoms with E-state index in [0.29, 0.717) is 33.3 Å². The van der Waals surface area contributed by atoms with Crippen molar-refractivity contribution < 1.29 is 18.7 Å². The van der Waals surface area contributed by atoms with Crippen molar-refractivity contribution in [2.45, 2.75) is 12.8 Å². The normalized spacial score (nSPS) is 14.2. The van der Waals surface area contributed by atoms with E-state index in [1.54, 1.807) is 54.6 Å². The van der Waals surface area contributed by atoms with Gasteiger partial charge in [-0.1, -0.05) is 48.5 Å². The maximum absolute atomic E-state index is 15.1. The van der Waals surface area contributed by atoms with Crippen LogP contribution in [0.5, 0.6) is 0 Å². The lowest BCUT2D eigenvalue weighted by molar-refractivity contribution is -0.131. The van der Waals surface area contributed by atoms with Crippen LogP contribution in [0.25, 0.3) is 28.1 Å². The fourth-order valence-electron chi connectivity index (χ4n) is 4.39. The van der Waals surface area contributed by atoms with E-state index in [9.17, 15) is 14.4 Å². The molecule has 0 saturated heterocycles. The molecule has 0 unspecified atom stereocenters.